The molecule has 0 saturated carbocycles. The Morgan fingerprint density at radius 1 is 1.11 bits per heavy atom. The minimum Gasteiger partial charge on any atom is -0.366 e. The lowest BCUT2D eigenvalue weighted by Crippen LogP contribution is -2.39. The Morgan fingerprint density at radius 3 is 2.22 bits per heavy atom. The first-order chi connectivity index (χ1) is 12.8. The number of imide groups is 1. The van der Waals surface area contributed by atoms with Crippen LogP contribution in [0.2, 0.25) is 0 Å². The molecule has 1 saturated heterocycles. The Balaban J connectivity index is 2.03. The van der Waals surface area contributed by atoms with Gasteiger partial charge in [0.25, 0.3) is 17.5 Å². The third kappa shape index (κ3) is 3.72. The fourth-order valence-corrected chi connectivity index (χ4v) is 3.63. The summed E-state index contributed by atoms with van der Waals surface area (Å²) in [5.74, 6) is 0.202. The summed E-state index contributed by atoms with van der Waals surface area (Å²) in [6.45, 7) is 7.96. The van der Waals surface area contributed by atoms with Crippen molar-refractivity contribution in [1.29, 1.82) is 0 Å². The van der Waals surface area contributed by atoms with E-state index in [-0.39, 0.29) is 23.4 Å². The van der Waals surface area contributed by atoms with Crippen LogP contribution in [-0.4, -0.2) is 46.2 Å². The van der Waals surface area contributed by atoms with E-state index in [1.54, 1.807) is 12.1 Å². The quantitative estimate of drug-likeness (QED) is 0.451. The zero-order chi connectivity index (χ0) is 19.7. The molecule has 0 spiro atoms. The molecule has 7 nitrogen and oxygen atoms in total. The van der Waals surface area contributed by atoms with Crippen LogP contribution in [0.4, 0.5) is 5.69 Å². The summed E-state index contributed by atoms with van der Waals surface area (Å²) in [5, 5.41) is 10.9. The van der Waals surface area contributed by atoms with Crippen molar-refractivity contribution in [2.24, 2.45) is 11.8 Å². The highest BCUT2D eigenvalue weighted by atomic mass is 16.6. The van der Waals surface area contributed by atoms with Crippen LogP contribution in [0.3, 0.4) is 0 Å². The molecule has 0 aromatic heterocycles. The van der Waals surface area contributed by atoms with Crippen molar-refractivity contribution in [3.63, 3.8) is 0 Å². The number of amides is 2. The van der Waals surface area contributed by atoms with Crippen molar-refractivity contribution < 1.29 is 14.5 Å². The Morgan fingerprint density at radius 2 is 1.70 bits per heavy atom. The van der Waals surface area contributed by atoms with Gasteiger partial charge in [0, 0.05) is 31.8 Å². The van der Waals surface area contributed by atoms with Crippen molar-refractivity contribution in [3.8, 4) is 0 Å². The predicted octanol–water partition coefficient (Wildman–Crippen LogP) is 3.06. The normalized spacial score (nSPS) is 18.8. The van der Waals surface area contributed by atoms with Crippen molar-refractivity contribution in [1.82, 2.24) is 9.80 Å². The fraction of sp³-hybridized carbons (Fsp3) is 0.500. The van der Waals surface area contributed by atoms with E-state index in [1.807, 2.05) is 18.7 Å². The molecule has 144 valence electrons. The topological polar surface area (TPSA) is 83.8 Å². The van der Waals surface area contributed by atoms with Gasteiger partial charge in [0.15, 0.2) is 0 Å². The van der Waals surface area contributed by atoms with E-state index in [1.165, 1.54) is 17.0 Å². The molecule has 2 heterocycles. The highest BCUT2D eigenvalue weighted by Gasteiger charge is 2.42. The number of likely N-dealkylation sites (tertiary alicyclic amines) is 1. The van der Waals surface area contributed by atoms with Crippen LogP contribution in [0.15, 0.2) is 30.0 Å². The summed E-state index contributed by atoms with van der Waals surface area (Å²) in [5.41, 5.74) is 1.33. The summed E-state index contributed by atoms with van der Waals surface area (Å²) >= 11 is 0. The third-order valence-electron chi connectivity index (χ3n) is 5.16. The molecular weight excluding hydrogens is 346 g/mol. The molecule has 2 aliphatic heterocycles. The van der Waals surface area contributed by atoms with Gasteiger partial charge in [-0.1, -0.05) is 20.8 Å². The first kappa shape index (κ1) is 19.1. The molecule has 0 aliphatic carbocycles. The van der Waals surface area contributed by atoms with Crippen molar-refractivity contribution in [2.45, 2.75) is 33.6 Å². The Kier molecular flexibility index (Phi) is 5.30. The van der Waals surface area contributed by atoms with Gasteiger partial charge in [-0.3, -0.25) is 24.6 Å². The summed E-state index contributed by atoms with van der Waals surface area (Å²) < 4.78 is 0. The maximum Gasteiger partial charge on any atom is 0.277 e. The molecule has 1 aromatic carbocycles. The molecule has 2 aliphatic rings. The van der Waals surface area contributed by atoms with Gasteiger partial charge in [-0.05, 0) is 42.4 Å². The Labute approximate surface area is 158 Å². The van der Waals surface area contributed by atoms with Crippen LogP contribution in [0, 0.1) is 22.0 Å². The predicted molar refractivity (Wildman–Crippen MR) is 102 cm³/mol. The number of hydrogen-bond donors (Lipinski definition) is 0. The molecule has 0 unspecified atom stereocenters. The van der Waals surface area contributed by atoms with Gasteiger partial charge in [0.2, 0.25) is 0 Å². The van der Waals surface area contributed by atoms with Crippen molar-refractivity contribution >= 4 is 23.1 Å². The highest BCUT2D eigenvalue weighted by Crippen LogP contribution is 2.34. The van der Waals surface area contributed by atoms with Gasteiger partial charge in [-0.2, -0.15) is 0 Å². The summed E-state index contributed by atoms with van der Waals surface area (Å²) in [6, 6.07) is 5.87. The molecule has 0 radical (unpaired) electrons. The smallest absolute Gasteiger partial charge is 0.277 e. The zero-order valence-corrected chi connectivity index (χ0v) is 16.0. The fourth-order valence-electron chi connectivity index (χ4n) is 3.63. The second-order valence-electron chi connectivity index (χ2n) is 7.81. The van der Waals surface area contributed by atoms with Gasteiger partial charge < -0.3 is 4.90 Å². The number of non-ortho nitro benzene ring substituents is 1. The standard InChI is InChI=1S/C20H25N3O4/c1-13(2)12-22-19(24)17(15-4-6-16(7-5-15)23(26)27)18(20(22)25)21-10-8-14(3)9-11-21/h4-7,13-14H,8-12H2,1-3H3. The molecule has 0 atom stereocenters. The minimum atomic E-state index is -0.474. The van der Waals surface area contributed by atoms with Gasteiger partial charge >= 0.3 is 0 Å². The van der Waals surface area contributed by atoms with Crippen LogP contribution in [0.5, 0.6) is 0 Å². The van der Waals surface area contributed by atoms with Gasteiger partial charge in [-0.25, -0.2) is 0 Å². The molecule has 1 aromatic rings. The number of carbonyl (C=O) groups excluding carboxylic acids is 2. The second kappa shape index (κ2) is 7.50. The first-order valence-electron chi connectivity index (χ1n) is 9.39. The number of nitrogens with zero attached hydrogens (tertiary/aromatic N) is 3. The SMILES string of the molecule is CC(C)CN1C(=O)C(c2ccc([N+](=O)[O-])cc2)=C(N2CCC(C)CC2)C1=O. The second-order valence-corrected chi connectivity index (χ2v) is 7.81. The number of piperidine rings is 1. The first-order valence-corrected chi connectivity index (χ1v) is 9.39. The molecule has 1 fully saturated rings. The van der Waals surface area contributed by atoms with E-state index in [0.29, 0.717) is 29.3 Å². The molecule has 0 N–H and O–H groups in total. The number of nitro benzene ring substituents is 1. The van der Waals surface area contributed by atoms with Gasteiger partial charge in [0.05, 0.1) is 10.5 Å². The molecule has 3 rings (SSSR count). The van der Waals surface area contributed by atoms with E-state index in [2.05, 4.69) is 6.92 Å². The van der Waals surface area contributed by atoms with E-state index < -0.39 is 4.92 Å². The number of rotatable bonds is 5. The Hall–Kier alpha value is -2.70. The van der Waals surface area contributed by atoms with Gasteiger partial charge in [0.1, 0.15) is 5.70 Å². The summed E-state index contributed by atoms with van der Waals surface area (Å²) in [7, 11) is 0. The lowest BCUT2D eigenvalue weighted by atomic mass is 9.97. The number of benzene rings is 1. The largest absolute Gasteiger partial charge is 0.366 e. The van der Waals surface area contributed by atoms with Crippen molar-refractivity contribution in [2.75, 3.05) is 19.6 Å². The van der Waals surface area contributed by atoms with Crippen molar-refractivity contribution in [3.05, 3.63) is 45.6 Å². The summed E-state index contributed by atoms with van der Waals surface area (Å²) in [6.07, 6.45) is 1.95. The maximum atomic E-state index is 13.1. The highest BCUT2D eigenvalue weighted by molar-refractivity contribution is 6.35. The monoisotopic (exact) mass is 371 g/mol. The average molecular weight is 371 g/mol. The third-order valence-corrected chi connectivity index (χ3v) is 5.16. The van der Waals surface area contributed by atoms with Crippen LogP contribution in [-0.2, 0) is 9.59 Å². The number of nitro groups is 1. The van der Waals surface area contributed by atoms with Crippen LogP contribution in [0.25, 0.3) is 5.57 Å². The lowest BCUT2D eigenvalue weighted by Gasteiger charge is -2.32. The van der Waals surface area contributed by atoms with E-state index >= 15 is 0 Å². The summed E-state index contributed by atoms with van der Waals surface area (Å²) in [4.78, 5) is 39.9. The molecule has 0 bridgehead atoms. The maximum absolute atomic E-state index is 13.1. The zero-order valence-electron chi connectivity index (χ0n) is 16.0. The van der Waals surface area contributed by atoms with E-state index in [0.717, 1.165) is 25.9 Å². The van der Waals surface area contributed by atoms with Crippen LogP contribution >= 0.6 is 0 Å². The molecular formula is C20H25N3O4. The van der Waals surface area contributed by atoms with E-state index in [9.17, 15) is 19.7 Å². The Bertz CT molecular complexity index is 790. The number of hydrogen-bond acceptors (Lipinski definition) is 5. The number of carbonyl (C=O) groups is 2. The average Bonchev–Trinajstić information content (AvgIpc) is 2.87. The van der Waals surface area contributed by atoms with Crippen LogP contribution in [0.1, 0.15) is 39.2 Å². The van der Waals surface area contributed by atoms with E-state index in [4.69, 9.17) is 0 Å². The molecule has 2 amide bonds. The van der Waals surface area contributed by atoms with Gasteiger partial charge in [-0.15, -0.1) is 0 Å². The van der Waals surface area contributed by atoms with Crippen LogP contribution < -0.4 is 0 Å². The lowest BCUT2D eigenvalue weighted by molar-refractivity contribution is -0.384. The molecule has 7 heteroatoms. The molecule has 27 heavy (non-hydrogen) atoms. The minimum absolute atomic E-state index is 0.0384.